The Bertz CT molecular complexity index is 107. The van der Waals surface area contributed by atoms with E-state index in [2.05, 4.69) is 32.6 Å². The van der Waals surface area contributed by atoms with Crippen LogP contribution < -0.4 is 0 Å². The van der Waals surface area contributed by atoms with Crippen LogP contribution in [0.5, 0.6) is 0 Å². The van der Waals surface area contributed by atoms with Gasteiger partial charge in [0.2, 0.25) is 0 Å². The number of rotatable bonds is 5. The van der Waals surface area contributed by atoms with Crippen LogP contribution in [0.15, 0.2) is 0 Å². The summed E-state index contributed by atoms with van der Waals surface area (Å²) in [6.45, 7) is 12.3. The second-order valence-corrected chi connectivity index (χ2v) is 4.81. The number of hydrogen-bond donors (Lipinski definition) is 0. The summed E-state index contributed by atoms with van der Waals surface area (Å²) in [5.41, 5.74) is 0.444. The first-order valence-electron chi connectivity index (χ1n) is 4.78. The highest BCUT2D eigenvalue weighted by Gasteiger charge is 2.11. The molecule has 0 radical (unpaired) electrons. The normalized spacial score (nSPS) is 12.5. The standard InChI is InChI=1S/C10H22ClN/c1-5-12(9-7-11)8-6-10(2,3)4/h5-9H2,1-4H3. The molecular weight excluding hydrogens is 170 g/mol. The lowest BCUT2D eigenvalue weighted by molar-refractivity contribution is 0.247. The van der Waals surface area contributed by atoms with Gasteiger partial charge in [-0.25, -0.2) is 0 Å². The third-order valence-corrected chi connectivity index (χ3v) is 2.20. The van der Waals surface area contributed by atoms with E-state index in [1.165, 1.54) is 13.0 Å². The zero-order valence-corrected chi connectivity index (χ0v) is 9.62. The van der Waals surface area contributed by atoms with Gasteiger partial charge in [-0.15, -0.1) is 11.6 Å². The minimum absolute atomic E-state index is 0.444. The SMILES string of the molecule is CCN(CCCl)CCC(C)(C)C. The summed E-state index contributed by atoms with van der Waals surface area (Å²) in [5.74, 6) is 0.748. The molecule has 0 aliphatic rings. The van der Waals surface area contributed by atoms with Gasteiger partial charge in [-0.1, -0.05) is 27.7 Å². The van der Waals surface area contributed by atoms with E-state index in [1.54, 1.807) is 0 Å². The molecule has 0 aliphatic carbocycles. The molecular formula is C10H22ClN. The first kappa shape index (κ1) is 12.2. The summed E-state index contributed by atoms with van der Waals surface area (Å²) in [5, 5.41) is 0. The zero-order chi connectivity index (χ0) is 9.61. The van der Waals surface area contributed by atoms with Crippen LogP contribution in [0.3, 0.4) is 0 Å². The van der Waals surface area contributed by atoms with Gasteiger partial charge in [-0.05, 0) is 24.9 Å². The van der Waals surface area contributed by atoms with E-state index in [1.807, 2.05) is 0 Å². The second kappa shape index (κ2) is 5.82. The maximum Gasteiger partial charge on any atom is 0.0351 e. The van der Waals surface area contributed by atoms with E-state index in [0.717, 1.165) is 19.0 Å². The highest BCUT2D eigenvalue weighted by Crippen LogP contribution is 2.18. The highest BCUT2D eigenvalue weighted by molar-refractivity contribution is 6.18. The van der Waals surface area contributed by atoms with Gasteiger partial charge in [0.15, 0.2) is 0 Å². The minimum atomic E-state index is 0.444. The summed E-state index contributed by atoms with van der Waals surface area (Å²) >= 11 is 5.68. The Morgan fingerprint density at radius 2 is 1.75 bits per heavy atom. The highest BCUT2D eigenvalue weighted by atomic mass is 35.5. The van der Waals surface area contributed by atoms with Crippen molar-refractivity contribution in [3.8, 4) is 0 Å². The molecule has 0 aromatic heterocycles. The molecule has 12 heavy (non-hydrogen) atoms. The molecule has 0 saturated carbocycles. The minimum Gasteiger partial charge on any atom is -0.302 e. The Labute approximate surface area is 82.1 Å². The zero-order valence-electron chi connectivity index (χ0n) is 8.86. The maximum atomic E-state index is 5.68. The van der Waals surface area contributed by atoms with Gasteiger partial charge in [0.05, 0.1) is 0 Å². The van der Waals surface area contributed by atoms with Crippen molar-refractivity contribution in [3.05, 3.63) is 0 Å². The molecule has 0 aliphatic heterocycles. The van der Waals surface area contributed by atoms with Crippen molar-refractivity contribution in [1.82, 2.24) is 4.90 Å². The fraction of sp³-hybridized carbons (Fsp3) is 1.00. The molecule has 0 atom stereocenters. The Kier molecular flexibility index (Phi) is 5.94. The van der Waals surface area contributed by atoms with Crippen molar-refractivity contribution < 1.29 is 0 Å². The quantitative estimate of drug-likeness (QED) is 0.604. The lowest BCUT2D eigenvalue weighted by Gasteiger charge is -2.24. The van der Waals surface area contributed by atoms with Crippen LogP contribution in [-0.2, 0) is 0 Å². The van der Waals surface area contributed by atoms with Gasteiger partial charge in [0.1, 0.15) is 0 Å². The van der Waals surface area contributed by atoms with Gasteiger partial charge in [0, 0.05) is 12.4 Å². The summed E-state index contributed by atoms with van der Waals surface area (Å²) < 4.78 is 0. The van der Waals surface area contributed by atoms with Crippen molar-refractivity contribution in [1.29, 1.82) is 0 Å². The van der Waals surface area contributed by atoms with E-state index >= 15 is 0 Å². The summed E-state index contributed by atoms with van der Waals surface area (Å²) in [7, 11) is 0. The van der Waals surface area contributed by atoms with E-state index in [4.69, 9.17) is 11.6 Å². The topological polar surface area (TPSA) is 3.24 Å². The second-order valence-electron chi connectivity index (χ2n) is 4.43. The third-order valence-electron chi connectivity index (χ3n) is 2.03. The van der Waals surface area contributed by atoms with Gasteiger partial charge in [-0.2, -0.15) is 0 Å². The van der Waals surface area contributed by atoms with E-state index in [0.29, 0.717) is 5.41 Å². The van der Waals surface area contributed by atoms with Crippen molar-refractivity contribution in [2.24, 2.45) is 5.41 Å². The molecule has 0 aromatic rings. The smallest absolute Gasteiger partial charge is 0.0351 e. The molecule has 0 heterocycles. The molecule has 2 heteroatoms. The monoisotopic (exact) mass is 191 g/mol. The lowest BCUT2D eigenvalue weighted by atomic mass is 9.92. The molecule has 0 saturated heterocycles. The average Bonchev–Trinajstić information content (AvgIpc) is 1.96. The first-order chi connectivity index (χ1) is 5.49. The van der Waals surface area contributed by atoms with Crippen molar-refractivity contribution in [2.45, 2.75) is 34.1 Å². The lowest BCUT2D eigenvalue weighted by Crippen LogP contribution is -2.29. The molecule has 0 bridgehead atoms. The van der Waals surface area contributed by atoms with Gasteiger partial charge in [0.25, 0.3) is 0 Å². The van der Waals surface area contributed by atoms with Crippen LogP contribution in [0.1, 0.15) is 34.1 Å². The van der Waals surface area contributed by atoms with Crippen LogP contribution in [0.25, 0.3) is 0 Å². The largest absolute Gasteiger partial charge is 0.302 e. The van der Waals surface area contributed by atoms with Crippen LogP contribution in [0.4, 0.5) is 0 Å². The first-order valence-corrected chi connectivity index (χ1v) is 5.31. The average molecular weight is 192 g/mol. The number of alkyl halides is 1. The molecule has 0 N–H and O–H groups in total. The third kappa shape index (κ3) is 6.93. The molecule has 0 fully saturated rings. The number of halogens is 1. The van der Waals surface area contributed by atoms with Gasteiger partial charge < -0.3 is 4.90 Å². The van der Waals surface area contributed by atoms with E-state index in [9.17, 15) is 0 Å². The van der Waals surface area contributed by atoms with Crippen LogP contribution in [0.2, 0.25) is 0 Å². The summed E-state index contributed by atoms with van der Waals surface area (Å²) in [6, 6.07) is 0. The van der Waals surface area contributed by atoms with E-state index in [-0.39, 0.29) is 0 Å². The Morgan fingerprint density at radius 3 is 2.08 bits per heavy atom. The molecule has 0 rings (SSSR count). The van der Waals surface area contributed by atoms with E-state index < -0.39 is 0 Å². The molecule has 0 unspecified atom stereocenters. The molecule has 0 aromatic carbocycles. The molecule has 1 nitrogen and oxygen atoms in total. The van der Waals surface area contributed by atoms with Crippen LogP contribution in [0, 0.1) is 5.41 Å². The molecule has 0 spiro atoms. The predicted octanol–water partition coefficient (Wildman–Crippen LogP) is 2.98. The molecule has 74 valence electrons. The van der Waals surface area contributed by atoms with Gasteiger partial charge >= 0.3 is 0 Å². The summed E-state index contributed by atoms with van der Waals surface area (Å²) in [4.78, 5) is 2.40. The fourth-order valence-corrected chi connectivity index (χ4v) is 1.28. The predicted molar refractivity (Wildman–Crippen MR) is 56.9 cm³/mol. The maximum absolute atomic E-state index is 5.68. The van der Waals surface area contributed by atoms with Gasteiger partial charge in [-0.3, -0.25) is 0 Å². The van der Waals surface area contributed by atoms with Crippen molar-refractivity contribution in [3.63, 3.8) is 0 Å². The number of nitrogens with zero attached hydrogens (tertiary/aromatic N) is 1. The van der Waals surface area contributed by atoms with Crippen LogP contribution in [-0.4, -0.2) is 30.4 Å². The van der Waals surface area contributed by atoms with Crippen LogP contribution >= 0.6 is 11.6 Å². The number of hydrogen-bond acceptors (Lipinski definition) is 1. The Hall–Kier alpha value is 0.250. The summed E-state index contributed by atoms with van der Waals surface area (Å²) in [6.07, 6.45) is 1.25. The Morgan fingerprint density at radius 1 is 1.17 bits per heavy atom. The van der Waals surface area contributed by atoms with Crippen molar-refractivity contribution >= 4 is 11.6 Å². The van der Waals surface area contributed by atoms with Crippen molar-refractivity contribution in [2.75, 3.05) is 25.5 Å². The molecule has 0 amide bonds. The fourth-order valence-electron chi connectivity index (χ4n) is 1.04. The Balaban J connectivity index is 3.58.